The standard InChI is InChI=1S/C17H25F2N3O2/c1-5-22(9-16(23)20-11(2)3)10-17(24)21-12(4)14-7-6-13(18)8-15(14)19/h6-8,11-12H,5,9-10H2,1-4H3,(H,20,23)(H,21,24)/p+1/t12-/m0/s1. The fourth-order valence-electron chi connectivity index (χ4n) is 2.36. The lowest BCUT2D eigenvalue weighted by molar-refractivity contribution is -0.881. The van der Waals surface area contributed by atoms with Crippen LogP contribution in [-0.4, -0.2) is 37.5 Å². The molecule has 134 valence electrons. The fourth-order valence-corrected chi connectivity index (χ4v) is 2.36. The summed E-state index contributed by atoms with van der Waals surface area (Å²) in [6.45, 7) is 8.17. The molecule has 0 spiro atoms. The third-order valence-corrected chi connectivity index (χ3v) is 3.58. The summed E-state index contributed by atoms with van der Waals surface area (Å²) in [5.74, 6) is -1.76. The van der Waals surface area contributed by atoms with Crippen LogP contribution >= 0.6 is 0 Å². The molecule has 0 fully saturated rings. The molecule has 1 aromatic carbocycles. The van der Waals surface area contributed by atoms with Gasteiger partial charge in [0.2, 0.25) is 0 Å². The molecule has 2 atom stereocenters. The first-order valence-corrected chi connectivity index (χ1v) is 8.10. The minimum atomic E-state index is -0.696. The Kier molecular flexibility index (Phi) is 7.78. The lowest BCUT2D eigenvalue weighted by Crippen LogP contribution is -3.14. The van der Waals surface area contributed by atoms with Crippen molar-refractivity contribution in [1.29, 1.82) is 0 Å². The second kappa shape index (κ2) is 9.32. The van der Waals surface area contributed by atoms with Crippen molar-refractivity contribution < 1.29 is 23.3 Å². The van der Waals surface area contributed by atoms with Crippen molar-refractivity contribution in [3.05, 3.63) is 35.4 Å². The quantitative estimate of drug-likeness (QED) is 0.647. The van der Waals surface area contributed by atoms with Crippen LogP contribution in [0.1, 0.15) is 39.3 Å². The minimum absolute atomic E-state index is 0.0471. The Balaban J connectivity index is 2.58. The van der Waals surface area contributed by atoms with Gasteiger partial charge in [0.05, 0.1) is 12.6 Å². The molecule has 24 heavy (non-hydrogen) atoms. The highest BCUT2D eigenvalue weighted by atomic mass is 19.1. The molecule has 0 radical (unpaired) electrons. The zero-order valence-corrected chi connectivity index (χ0v) is 14.6. The monoisotopic (exact) mass is 342 g/mol. The van der Waals surface area contributed by atoms with Crippen molar-refractivity contribution in [3.8, 4) is 0 Å². The van der Waals surface area contributed by atoms with Gasteiger partial charge in [-0.1, -0.05) is 6.07 Å². The number of carbonyl (C=O) groups excluding carboxylic acids is 2. The highest BCUT2D eigenvalue weighted by molar-refractivity contribution is 5.79. The number of nitrogens with one attached hydrogen (secondary N) is 3. The van der Waals surface area contributed by atoms with Gasteiger partial charge < -0.3 is 15.5 Å². The smallest absolute Gasteiger partial charge is 0.275 e. The van der Waals surface area contributed by atoms with Crippen LogP contribution in [0.25, 0.3) is 0 Å². The van der Waals surface area contributed by atoms with Crippen molar-refractivity contribution in [2.75, 3.05) is 19.6 Å². The first-order chi connectivity index (χ1) is 11.2. The van der Waals surface area contributed by atoms with Crippen molar-refractivity contribution in [3.63, 3.8) is 0 Å². The van der Waals surface area contributed by atoms with Gasteiger partial charge >= 0.3 is 0 Å². The zero-order chi connectivity index (χ0) is 18.3. The number of carbonyl (C=O) groups is 2. The van der Waals surface area contributed by atoms with E-state index in [-0.39, 0.29) is 36.5 Å². The first-order valence-electron chi connectivity index (χ1n) is 8.10. The van der Waals surface area contributed by atoms with Crippen LogP contribution in [0.5, 0.6) is 0 Å². The molecule has 1 unspecified atom stereocenters. The van der Waals surface area contributed by atoms with Crippen molar-refractivity contribution in [1.82, 2.24) is 10.6 Å². The average molecular weight is 342 g/mol. The van der Waals surface area contributed by atoms with Crippen LogP contribution in [0.2, 0.25) is 0 Å². The number of quaternary nitrogens is 1. The van der Waals surface area contributed by atoms with E-state index in [0.29, 0.717) is 6.54 Å². The van der Waals surface area contributed by atoms with Crippen LogP contribution in [0.15, 0.2) is 18.2 Å². The maximum Gasteiger partial charge on any atom is 0.275 e. The topological polar surface area (TPSA) is 62.6 Å². The first kappa shape index (κ1) is 20.0. The molecule has 0 aliphatic rings. The third-order valence-electron chi connectivity index (χ3n) is 3.58. The van der Waals surface area contributed by atoms with Gasteiger partial charge in [0.15, 0.2) is 13.1 Å². The zero-order valence-electron chi connectivity index (χ0n) is 14.6. The van der Waals surface area contributed by atoms with Crippen molar-refractivity contribution in [2.24, 2.45) is 0 Å². The van der Waals surface area contributed by atoms with E-state index in [4.69, 9.17) is 0 Å². The van der Waals surface area contributed by atoms with Gasteiger partial charge in [0.1, 0.15) is 11.6 Å². The number of halogens is 2. The fraction of sp³-hybridized carbons (Fsp3) is 0.529. The summed E-state index contributed by atoms with van der Waals surface area (Å²) in [5.41, 5.74) is 0.223. The molecule has 0 bridgehead atoms. The summed E-state index contributed by atoms with van der Waals surface area (Å²) >= 11 is 0. The second-order valence-electron chi connectivity index (χ2n) is 6.13. The predicted molar refractivity (Wildman–Crippen MR) is 87.4 cm³/mol. The lowest BCUT2D eigenvalue weighted by Gasteiger charge is -2.20. The van der Waals surface area contributed by atoms with Crippen LogP contribution in [0.4, 0.5) is 8.78 Å². The van der Waals surface area contributed by atoms with E-state index in [9.17, 15) is 18.4 Å². The Bertz CT molecular complexity index is 579. The molecule has 0 aliphatic heterocycles. The molecule has 0 saturated carbocycles. The largest absolute Gasteiger partial charge is 0.349 e. The lowest BCUT2D eigenvalue weighted by atomic mass is 10.1. The summed E-state index contributed by atoms with van der Waals surface area (Å²) in [6, 6.07) is 2.72. The molecule has 0 heterocycles. The summed E-state index contributed by atoms with van der Waals surface area (Å²) in [5, 5.41) is 5.46. The number of hydrogen-bond donors (Lipinski definition) is 3. The normalized spacial score (nSPS) is 13.5. The summed E-state index contributed by atoms with van der Waals surface area (Å²) in [4.78, 5) is 24.7. The Morgan fingerprint density at radius 1 is 1.08 bits per heavy atom. The maximum atomic E-state index is 13.7. The van der Waals surface area contributed by atoms with Crippen LogP contribution in [0.3, 0.4) is 0 Å². The van der Waals surface area contributed by atoms with E-state index >= 15 is 0 Å². The van der Waals surface area contributed by atoms with Crippen LogP contribution < -0.4 is 15.5 Å². The molecular formula is C17H26F2N3O2+. The van der Waals surface area contributed by atoms with Gasteiger partial charge in [-0.15, -0.1) is 0 Å². The van der Waals surface area contributed by atoms with Gasteiger partial charge in [-0.3, -0.25) is 9.59 Å². The van der Waals surface area contributed by atoms with Crippen LogP contribution in [-0.2, 0) is 9.59 Å². The second-order valence-corrected chi connectivity index (χ2v) is 6.13. The molecule has 5 nitrogen and oxygen atoms in total. The molecule has 0 aromatic heterocycles. The average Bonchev–Trinajstić information content (AvgIpc) is 2.45. The maximum absolute atomic E-state index is 13.7. The van der Waals surface area contributed by atoms with Crippen LogP contribution in [0, 0.1) is 11.6 Å². The van der Waals surface area contributed by atoms with E-state index < -0.39 is 17.7 Å². The van der Waals surface area contributed by atoms with E-state index in [1.807, 2.05) is 20.8 Å². The van der Waals surface area contributed by atoms with Crippen molar-refractivity contribution in [2.45, 2.75) is 39.8 Å². The Morgan fingerprint density at radius 2 is 1.67 bits per heavy atom. The molecule has 3 N–H and O–H groups in total. The van der Waals surface area contributed by atoms with Crippen molar-refractivity contribution >= 4 is 11.8 Å². The third kappa shape index (κ3) is 6.62. The molecule has 1 aromatic rings. The highest BCUT2D eigenvalue weighted by Crippen LogP contribution is 2.17. The number of rotatable bonds is 8. The summed E-state index contributed by atoms with van der Waals surface area (Å²) in [7, 11) is 0. The molecule has 2 amide bonds. The Labute approximate surface area is 141 Å². The molecule has 0 aliphatic carbocycles. The summed E-state index contributed by atoms with van der Waals surface area (Å²) in [6.07, 6.45) is 0. The highest BCUT2D eigenvalue weighted by Gasteiger charge is 2.20. The number of likely N-dealkylation sites (N-methyl/N-ethyl adjacent to an activating group) is 1. The number of hydrogen-bond acceptors (Lipinski definition) is 2. The minimum Gasteiger partial charge on any atom is -0.349 e. The van der Waals surface area contributed by atoms with Gasteiger partial charge in [-0.2, -0.15) is 0 Å². The van der Waals surface area contributed by atoms with Gasteiger partial charge in [0, 0.05) is 17.7 Å². The Morgan fingerprint density at radius 3 is 2.17 bits per heavy atom. The molecule has 1 rings (SSSR count). The van der Waals surface area contributed by atoms with Gasteiger partial charge in [-0.25, -0.2) is 8.78 Å². The number of amides is 2. The SMILES string of the molecule is CC[NH+](CC(=O)NC(C)C)CC(=O)N[C@@H](C)c1ccc(F)cc1F. The van der Waals surface area contributed by atoms with Gasteiger partial charge in [-0.05, 0) is 33.8 Å². The van der Waals surface area contributed by atoms with Gasteiger partial charge in [0.25, 0.3) is 11.8 Å². The van der Waals surface area contributed by atoms with E-state index in [1.54, 1.807) is 6.92 Å². The predicted octanol–water partition coefficient (Wildman–Crippen LogP) is 0.571. The summed E-state index contributed by atoms with van der Waals surface area (Å²) < 4.78 is 26.7. The number of benzene rings is 1. The van der Waals surface area contributed by atoms with E-state index in [0.717, 1.165) is 17.0 Å². The molecule has 0 saturated heterocycles. The molecular weight excluding hydrogens is 316 g/mol. The van der Waals surface area contributed by atoms with E-state index in [1.165, 1.54) is 6.07 Å². The van der Waals surface area contributed by atoms with E-state index in [2.05, 4.69) is 10.6 Å². The molecule has 7 heteroatoms. The Hall–Kier alpha value is -2.02.